The molecule has 7 heteroatoms. The number of nitrogens with zero attached hydrogens (tertiary/aromatic N) is 5. The topological polar surface area (TPSA) is 61.2 Å². The zero-order valence-corrected chi connectivity index (χ0v) is 18.7. The monoisotopic (exact) mass is 431 g/mol. The van der Waals surface area contributed by atoms with E-state index in [1.54, 1.807) is 6.92 Å². The van der Waals surface area contributed by atoms with Crippen LogP contribution in [-0.4, -0.2) is 63.7 Å². The molecule has 2 fully saturated rings. The van der Waals surface area contributed by atoms with Gasteiger partial charge in [0.05, 0.1) is 11.6 Å². The number of aryl methyl sites for hydroxylation is 1. The van der Waals surface area contributed by atoms with Crippen molar-refractivity contribution < 1.29 is 9.59 Å². The van der Waals surface area contributed by atoms with Crippen LogP contribution in [0.4, 0.5) is 5.69 Å². The molecule has 0 bridgehead atoms. The number of imidazole rings is 1. The van der Waals surface area contributed by atoms with Crippen molar-refractivity contribution in [3.8, 4) is 0 Å². The molecule has 32 heavy (non-hydrogen) atoms. The van der Waals surface area contributed by atoms with E-state index in [1.807, 2.05) is 38.6 Å². The van der Waals surface area contributed by atoms with E-state index in [-0.39, 0.29) is 17.9 Å². The first-order valence-corrected chi connectivity index (χ1v) is 11.4. The van der Waals surface area contributed by atoms with Gasteiger partial charge >= 0.3 is 0 Å². The maximum atomic E-state index is 13.5. The summed E-state index contributed by atoms with van der Waals surface area (Å²) in [7, 11) is 0. The molecule has 2 aromatic heterocycles. The molecule has 3 aromatic rings. The molecule has 2 aliphatic heterocycles. The van der Waals surface area contributed by atoms with Crippen molar-refractivity contribution in [3.05, 3.63) is 65.7 Å². The van der Waals surface area contributed by atoms with Crippen LogP contribution in [0, 0.1) is 6.92 Å². The Morgan fingerprint density at radius 1 is 0.969 bits per heavy atom. The fourth-order valence-corrected chi connectivity index (χ4v) is 4.94. The molecule has 0 radical (unpaired) electrons. The molecule has 0 aliphatic carbocycles. The number of aromatic nitrogens is 2. The summed E-state index contributed by atoms with van der Waals surface area (Å²) in [6, 6.07) is 14.3. The number of fused-ring (bicyclic) bond motifs is 1. The number of benzene rings is 1. The van der Waals surface area contributed by atoms with Crippen LogP contribution in [0.1, 0.15) is 47.7 Å². The van der Waals surface area contributed by atoms with Crippen LogP contribution >= 0.6 is 0 Å². The number of amides is 2. The standard InChI is InChI=1S/C25H29N5O2/c1-18-8-10-20(11-9-18)27-14-16-28(17-15-27)25(32)23-21-6-3-4-12-30(21)24(26-23)22-7-5-13-29(22)19(2)31/h3-4,6,8-12,22H,5,7,13-17H2,1-2H3/t22-/m1/s1. The molecular formula is C25H29N5O2. The Morgan fingerprint density at radius 2 is 1.72 bits per heavy atom. The lowest BCUT2D eigenvalue weighted by atomic mass is 10.2. The van der Waals surface area contributed by atoms with Crippen LogP contribution in [-0.2, 0) is 4.79 Å². The average Bonchev–Trinajstić information content (AvgIpc) is 3.44. The molecule has 5 rings (SSSR count). The predicted octanol–water partition coefficient (Wildman–Crippen LogP) is 3.29. The molecule has 166 valence electrons. The van der Waals surface area contributed by atoms with Crippen LogP contribution in [0.2, 0.25) is 0 Å². The zero-order valence-electron chi connectivity index (χ0n) is 18.7. The van der Waals surface area contributed by atoms with Crippen molar-refractivity contribution in [2.75, 3.05) is 37.6 Å². The van der Waals surface area contributed by atoms with Crippen molar-refractivity contribution >= 4 is 23.0 Å². The molecule has 0 spiro atoms. The number of carbonyl (C=O) groups excluding carboxylic acids is 2. The first kappa shape index (κ1) is 20.5. The molecule has 4 heterocycles. The van der Waals surface area contributed by atoms with Crippen LogP contribution in [0.5, 0.6) is 0 Å². The Hall–Kier alpha value is -3.35. The third-order valence-electron chi connectivity index (χ3n) is 6.70. The van der Waals surface area contributed by atoms with Gasteiger partial charge in [0.1, 0.15) is 5.82 Å². The molecular weight excluding hydrogens is 402 g/mol. The highest BCUT2D eigenvalue weighted by Crippen LogP contribution is 2.33. The lowest BCUT2D eigenvalue weighted by Crippen LogP contribution is -2.49. The highest BCUT2D eigenvalue weighted by atomic mass is 16.2. The first-order valence-electron chi connectivity index (χ1n) is 11.4. The average molecular weight is 432 g/mol. The summed E-state index contributed by atoms with van der Waals surface area (Å²) in [6.45, 7) is 7.36. The van der Waals surface area contributed by atoms with Crippen LogP contribution in [0.15, 0.2) is 48.7 Å². The third-order valence-corrected chi connectivity index (χ3v) is 6.70. The minimum Gasteiger partial charge on any atom is -0.368 e. The van der Waals surface area contributed by atoms with Gasteiger partial charge in [0, 0.05) is 51.5 Å². The van der Waals surface area contributed by atoms with Crippen molar-refractivity contribution in [2.24, 2.45) is 0 Å². The van der Waals surface area contributed by atoms with E-state index in [1.165, 1.54) is 11.3 Å². The van der Waals surface area contributed by atoms with Gasteiger partial charge in [-0.25, -0.2) is 4.98 Å². The largest absolute Gasteiger partial charge is 0.368 e. The predicted molar refractivity (Wildman–Crippen MR) is 124 cm³/mol. The Kier molecular flexibility index (Phi) is 5.33. The van der Waals surface area contributed by atoms with Gasteiger partial charge in [0.25, 0.3) is 5.91 Å². The fourth-order valence-electron chi connectivity index (χ4n) is 4.94. The molecule has 2 amide bonds. The van der Waals surface area contributed by atoms with Gasteiger partial charge in [-0.3, -0.25) is 9.59 Å². The van der Waals surface area contributed by atoms with E-state index < -0.39 is 0 Å². The van der Waals surface area contributed by atoms with Gasteiger partial charge in [0.2, 0.25) is 5.91 Å². The summed E-state index contributed by atoms with van der Waals surface area (Å²) in [5, 5.41) is 0. The molecule has 2 saturated heterocycles. The summed E-state index contributed by atoms with van der Waals surface area (Å²) < 4.78 is 1.99. The molecule has 0 N–H and O–H groups in total. The van der Waals surface area contributed by atoms with Crippen molar-refractivity contribution in [3.63, 3.8) is 0 Å². The van der Waals surface area contributed by atoms with Gasteiger partial charge in [0.15, 0.2) is 5.69 Å². The summed E-state index contributed by atoms with van der Waals surface area (Å²) in [5.74, 6) is 0.811. The van der Waals surface area contributed by atoms with Crippen LogP contribution < -0.4 is 4.90 Å². The molecule has 7 nitrogen and oxygen atoms in total. The lowest BCUT2D eigenvalue weighted by Gasteiger charge is -2.36. The number of hydrogen-bond acceptors (Lipinski definition) is 4. The number of piperazine rings is 1. The first-order chi connectivity index (χ1) is 15.5. The number of pyridine rings is 1. The van der Waals surface area contributed by atoms with E-state index in [0.717, 1.165) is 43.8 Å². The van der Waals surface area contributed by atoms with Gasteiger partial charge in [-0.1, -0.05) is 23.8 Å². The second kappa shape index (κ2) is 8.30. The SMILES string of the molecule is CC(=O)N1CCC[C@@H]1c1nc(C(=O)N2CCN(c3ccc(C)cc3)CC2)c2ccccn12. The van der Waals surface area contributed by atoms with E-state index in [4.69, 9.17) is 4.98 Å². The Balaban J connectivity index is 1.39. The Morgan fingerprint density at radius 3 is 2.44 bits per heavy atom. The maximum Gasteiger partial charge on any atom is 0.274 e. The van der Waals surface area contributed by atoms with Gasteiger partial charge in [-0.2, -0.15) is 0 Å². The number of rotatable bonds is 3. The molecule has 2 aliphatic rings. The smallest absolute Gasteiger partial charge is 0.274 e. The van der Waals surface area contributed by atoms with E-state index in [2.05, 4.69) is 36.1 Å². The van der Waals surface area contributed by atoms with Gasteiger partial charge in [-0.15, -0.1) is 0 Å². The van der Waals surface area contributed by atoms with E-state index in [9.17, 15) is 9.59 Å². The second-order valence-electron chi connectivity index (χ2n) is 8.76. The summed E-state index contributed by atoms with van der Waals surface area (Å²) in [6.07, 6.45) is 3.77. The molecule has 1 atom stereocenters. The quantitative estimate of drug-likeness (QED) is 0.639. The Bertz CT molecular complexity index is 1140. The van der Waals surface area contributed by atoms with Crippen molar-refractivity contribution in [2.45, 2.75) is 32.7 Å². The summed E-state index contributed by atoms with van der Waals surface area (Å²) in [4.78, 5) is 36.6. The number of carbonyl (C=O) groups is 2. The highest BCUT2D eigenvalue weighted by molar-refractivity contribution is 5.99. The summed E-state index contributed by atoms with van der Waals surface area (Å²) >= 11 is 0. The van der Waals surface area contributed by atoms with Crippen molar-refractivity contribution in [1.82, 2.24) is 19.2 Å². The zero-order chi connectivity index (χ0) is 22.2. The Labute approximate surface area is 188 Å². The normalized spacial score (nSPS) is 19.1. The third kappa shape index (κ3) is 3.61. The number of anilines is 1. The van der Waals surface area contributed by atoms with E-state index in [0.29, 0.717) is 18.8 Å². The number of hydrogen-bond donors (Lipinski definition) is 0. The van der Waals surface area contributed by atoms with E-state index >= 15 is 0 Å². The minimum atomic E-state index is -0.0812. The summed E-state index contributed by atoms with van der Waals surface area (Å²) in [5.41, 5.74) is 3.74. The van der Waals surface area contributed by atoms with Crippen LogP contribution in [0.25, 0.3) is 5.52 Å². The van der Waals surface area contributed by atoms with Gasteiger partial charge < -0.3 is 19.1 Å². The lowest BCUT2D eigenvalue weighted by molar-refractivity contribution is -0.129. The number of likely N-dealkylation sites (tertiary alicyclic amines) is 1. The van der Waals surface area contributed by atoms with Crippen molar-refractivity contribution in [1.29, 1.82) is 0 Å². The highest BCUT2D eigenvalue weighted by Gasteiger charge is 2.34. The molecule has 0 unspecified atom stereocenters. The minimum absolute atomic E-state index is 0.0316. The second-order valence-corrected chi connectivity index (χ2v) is 8.76. The van der Waals surface area contributed by atoms with Crippen LogP contribution in [0.3, 0.4) is 0 Å². The maximum absolute atomic E-state index is 13.5. The molecule has 0 saturated carbocycles. The molecule has 1 aromatic carbocycles. The van der Waals surface area contributed by atoms with Gasteiger partial charge in [-0.05, 0) is 44.0 Å². The fraction of sp³-hybridized carbons (Fsp3) is 0.400.